The van der Waals surface area contributed by atoms with Crippen molar-refractivity contribution in [3.8, 4) is 0 Å². The van der Waals surface area contributed by atoms with Gasteiger partial charge in [-0.15, -0.1) is 0 Å². The van der Waals surface area contributed by atoms with E-state index in [0.717, 1.165) is 6.42 Å². The van der Waals surface area contributed by atoms with Crippen LogP contribution >= 0.6 is 0 Å². The van der Waals surface area contributed by atoms with Gasteiger partial charge >= 0.3 is 5.97 Å². The highest BCUT2D eigenvalue weighted by molar-refractivity contribution is 5.84. The van der Waals surface area contributed by atoms with E-state index in [2.05, 4.69) is 10.1 Å². The van der Waals surface area contributed by atoms with E-state index < -0.39 is 18.6 Å². The van der Waals surface area contributed by atoms with Crippen LogP contribution in [0.5, 0.6) is 0 Å². The van der Waals surface area contributed by atoms with Crippen LogP contribution in [-0.4, -0.2) is 36.7 Å². The Hall–Kier alpha value is -1.10. The Morgan fingerprint density at radius 3 is 2.59 bits per heavy atom. The van der Waals surface area contributed by atoms with Gasteiger partial charge in [0.25, 0.3) is 0 Å². The maximum Gasteiger partial charge on any atom is 0.330 e. The summed E-state index contributed by atoms with van der Waals surface area (Å²) in [6, 6.07) is -0.934. The van der Waals surface area contributed by atoms with E-state index in [0.29, 0.717) is 12.3 Å². The molecule has 0 bridgehead atoms. The van der Waals surface area contributed by atoms with E-state index in [1.807, 2.05) is 0 Å². The molecule has 0 spiro atoms. The summed E-state index contributed by atoms with van der Waals surface area (Å²) in [5.74, 6) is -0.158. The minimum absolute atomic E-state index is 0.193. The Bertz CT molecular complexity index is 261. The van der Waals surface area contributed by atoms with Gasteiger partial charge in [0.1, 0.15) is 0 Å². The van der Waals surface area contributed by atoms with Crippen LogP contribution in [0.1, 0.15) is 38.5 Å². The molecule has 2 N–H and O–H groups in total. The molecule has 0 heterocycles. The summed E-state index contributed by atoms with van der Waals surface area (Å²) in [4.78, 5) is 22.7. The second kappa shape index (κ2) is 7.27. The lowest BCUT2D eigenvalue weighted by Crippen LogP contribution is -2.44. The fourth-order valence-corrected chi connectivity index (χ4v) is 2.22. The Kier molecular flexibility index (Phi) is 5.97. The second-order valence-electron chi connectivity index (χ2n) is 4.51. The summed E-state index contributed by atoms with van der Waals surface area (Å²) in [6.07, 6.45) is 6.20. The number of aliphatic hydroxyl groups excluding tert-OH is 1. The molecule has 0 aliphatic heterocycles. The van der Waals surface area contributed by atoms with Crippen LogP contribution < -0.4 is 5.32 Å². The van der Waals surface area contributed by atoms with Crippen LogP contribution in [0.3, 0.4) is 0 Å². The van der Waals surface area contributed by atoms with Crippen LogP contribution in [-0.2, 0) is 14.3 Å². The molecule has 0 saturated heterocycles. The van der Waals surface area contributed by atoms with Gasteiger partial charge in [-0.3, -0.25) is 4.79 Å². The fraction of sp³-hybridized carbons (Fsp3) is 0.833. The number of ether oxygens (including phenoxy) is 1. The second-order valence-corrected chi connectivity index (χ2v) is 4.51. The maximum atomic E-state index is 11.6. The van der Waals surface area contributed by atoms with Crippen molar-refractivity contribution in [1.29, 1.82) is 0 Å². The molecule has 5 nitrogen and oxygen atoms in total. The number of methoxy groups -OCH3 is 1. The zero-order chi connectivity index (χ0) is 12.7. The highest BCUT2D eigenvalue weighted by Crippen LogP contribution is 2.28. The molecule has 98 valence electrons. The van der Waals surface area contributed by atoms with Crippen molar-refractivity contribution in [3.63, 3.8) is 0 Å². The maximum absolute atomic E-state index is 11.6. The average Bonchev–Trinajstić information content (AvgIpc) is 2.85. The molecule has 0 aromatic carbocycles. The van der Waals surface area contributed by atoms with Gasteiger partial charge in [0.05, 0.1) is 13.7 Å². The lowest BCUT2D eigenvalue weighted by atomic mass is 10.0. The van der Waals surface area contributed by atoms with Gasteiger partial charge in [-0.1, -0.05) is 25.7 Å². The first-order valence-corrected chi connectivity index (χ1v) is 6.15. The van der Waals surface area contributed by atoms with E-state index in [1.54, 1.807) is 0 Å². The molecule has 1 unspecified atom stereocenters. The number of esters is 1. The topological polar surface area (TPSA) is 75.6 Å². The van der Waals surface area contributed by atoms with Crippen molar-refractivity contribution < 1.29 is 19.4 Å². The minimum atomic E-state index is -0.934. The van der Waals surface area contributed by atoms with Crippen LogP contribution in [0.4, 0.5) is 0 Å². The largest absolute Gasteiger partial charge is 0.467 e. The third kappa shape index (κ3) is 4.73. The number of carbonyl (C=O) groups excluding carboxylic acids is 2. The number of carbonyl (C=O) groups is 2. The zero-order valence-electron chi connectivity index (χ0n) is 10.3. The number of aliphatic hydroxyl groups is 1. The van der Waals surface area contributed by atoms with Gasteiger partial charge in [0.15, 0.2) is 6.04 Å². The van der Waals surface area contributed by atoms with Gasteiger partial charge in [0, 0.05) is 6.42 Å². The SMILES string of the molecule is COC(=O)C(CO)NC(=O)CCC1CCCC1. The molecule has 1 saturated carbocycles. The molecule has 17 heavy (non-hydrogen) atoms. The normalized spacial score (nSPS) is 17.8. The van der Waals surface area contributed by atoms with Crippen molar-refractivity contribution in [1.82, 2.24) is 5.32 Å². The number of rotatable bonds is 6. The quantitative estimate of drug-likeness (QED) is 0.670. The minimum Gasteiger partial charge on any atom is -0.467 e. The number of hydrogen-bond acceptors (Lipinski definition) is 4. The Balaban J connectivity index is 2.24. The molecule has 0 aromatic heterocycles. The Labute approximate surface area is 102 Å². The fourth-order valence-electron chi connectivity index (χ4n) is 2.22. The molecule has 0 radical (unpaired) electrons. The molecule has 1 aliphatic rings. The highest BCUT2D eigenvalue weighted by Gasteiger charge is 2.21. The van der Waals surface area contributed by atoms with E-state index in [4.69, 9.17) is 5.11 Å². The molecule has 1 amide bonds. The van der Waals surface area contributed by atoms with Crippen LogP contribution in [0, 0.1) is 5.92 Å². The highest BCUT2D eigenvalue weighted by atomic mass is 16.5. The summed E-state index contributed by atoms with van der Waals surface area (Å²) < 4.78 is 4.47. The predicted octanol–water partition coefficient (Wildman–Crippen LogP) is 0.607. The first-order chi connectivity index (χ1) is 8.17. The summed E-state index contributed by atoms with van der Waals surface area (Å²) in [6.45, 7) is -0.429. The van der Waals surface area contributed by atoms with Crippen LogP contribution in [0.2, 0.25) is 0 Å². The monoisotopic (exact) mass is 243 g/mol. The van der Waals surface area contributed by atoms with Crippen molar-refractivity contribution in [2.45, 2.75) is 44.6 Å². The first kappa shape index (κ1) is 14.0. The first-order valence-electron chi connectivity index (χ1n) is 6.15. The number of hydrogen-bond donors (Lipinski definition) is 2. The third-order valence-electron chi connectivity index (χ3n) is 3.26. The van der Waals surface area contributed by atoms with Crippen molar-refractivity contribution in [3.05, 3.63) is 0 Å². The molecular formula is C12H21NO4. The molecule has 1 atom stereocenters. The number of amides is 1. The van der Waals surface area contributed by atoms with Gasteiger partial charge in [-0.2, -0.15) is 0 Å². The molecule has 5 heteroatoms. The number of nitrogens with one attached hydrogen (secondary N) is 1. The van der Waals surface area contributed by atoms with Crippen LogP contribution in [0.25, 0.3) is 0 Å². The van der Waals surface area contributed by atoms with Gasteiger partial charge < -0.3 is 15.2 Å². The Morgan fingerprint density at radius 1 is 1.41 bits per heavy atom. The summed E-state index contributed by atoms with van der Waals surface area (Å²) >= 11 is 0. The predicted molar refractivity (Wildman–Crippen MR) is 62.2 cm³/mol. The van der Waals surface area contributed by atoms with Gasteiger partial charge in [-0.05, 0) is 12.3 Å². The average molecular weight is 243 g/mol. The zero-order valence-corrected chi connectivity index (χ0v) is 10.3. The lowest BCUT2D eigenvalue weighted by molar-refractivity contribution is -0.146. The van der Waals surface area contributed by atoms with Gasteiger partial charge in [-0.25, -0.2) is 4.79 Å². The van der Waals surface area contributed by atoms with E-state index in [9.17, 15) is 9.59 Å². The standard InChI is InChI=1S/C12H21NO4/c1-17-12(16)10(8-14)13-11(15)7-6-9-4-2-3-5-9/h9-10,14H,2-8H2,1H3,(H,13,15). The third-order valence-corrected chi connectivity index (χ3v) is 3.26. The molecular weight excluding hydrogens is 222 g/mol. The lowest BCUT2D eigenvalue weighted by Gasteiger charge is -2.14. The summed E-state index contributed by atoms with van der Waals surface area (Å²) in [5, 5.41) is 11.4. The van der Waals surface area contributed by atoms with E-state index in [-0.39, 0.29) is 5.91 Å². The summed E-state index contributed by atoms with van der Waals surface area (Å²) in [7, 11) is 1.23. The smallest absolute Gasteiger partial charge is 0.330 e. The molecule has 1 fully saturated rings. The van der Waals surface area contributed by atoms with Crippen molar-refractivity contribution >= 4 is 11.9 Å². The van der Waals surface area contributed by atoms with Crippen molar-refractivity contribution in [2.24, 2.45) is 5.92 Å². The van der Waals surface area contributed by atoms with E-state index in [1.165, 1.54) is 32.8 Å². The molecule has 0 aromatic rings. The van der Waals surface area contributed by atoms with E-state index >= 15 is 0 Å². The molecule has 1 rings (SSSR count). The van der Waals surface area contributed by atoms with Crippen LogP contribution in [0.15, 0.2) is 0 Å². The van der Waals surface area contributed by atoms with Crippen molar-refractivity contribution in [2.75, 3.05) is 13.7 Å². The Morgan fingerprint density at radius 2 is 2.06 bits per heavy atom. The summed E-state index contributed by atoms with van der Waals surface area (Å²) in [5.41, 5.74) is 0. The molecule has 1 aliphatic carbocycles. The van der Waals surface area contributed by atoms with Gasteiger partial charge in [0.2, 0.25) is 5.91 Å².